The van der Waals surface area contributed by atoms with Crippen molar-refractivity contribution in [2.75, 3.05) is 10.6 Å². The van der Waals surface area contributed by atoms with Crippen molar-refractivity contribution in [3.8, 4) is 0 Å². The average Bonchev–Trinajstić information content (AvgIpc) is 3.65. The molecule has 17 heteroatoms. The van der Waals surface area contributed by atoms with E-state index in [-0.39, 0.29) is 52.4 Å². The molecular weight excluding hydrogens is 821 g/mol. The third-order valence-corrected chi connectivity index (χ3v) is 13.3. The number of carbonyl (C=O) groups excluding carboxylic acids is 3. The van der Waals surface area contributed by atoms with Gasteiger partial charge in [0.1, 0.15) is 5.78 Å². The fourth-order valence-corrected chi connectivity index (χ4v) is 9.34. The Morgan fingerprint density at radius 3 is 1.57 bits per heavy atom. The van der Waals surface area contributed by atoms with Crippen LogP contribution in [-0.4, -0.2) is 52.4 Å². The van der Waals surface area contributed by atoms with Crippen LogP contribution in [0.5, 0.6) is 0 Å². The van der Waals surface area contributed by atoms with Gasteiger partial charge in [-0.3, -0.25) is 20.2 Å². The topological polar surface area (TPSA) is 224 Å². The number of nitrogens with one attached hydrogen (secondary N) is 4. The van der Waals surface area contributed by atoms with Crippen molar-refractivity contribution in [1.82, 2.24) is 9.66 Å². The summed E-state index contributed by atoms with van der Waals surface area (Å²) in [6.07, 6.45) is 4.26. The number of ketones is 1. The lowest BCUT2D eigenvalue weighted by atomic mass is 9.84. The average molecular weight is 873 g/mol. The Kier molecular flexibility index (Phi) is 13.9. The highest BCUT2D eigenvalue weighted by atomic mass is 32.2. The minimum absolute atomic E-state index is 0.108. The first-order valence-corrected chi connectivity index (χ1v) is 23.1. The van der Waals surface area contributed by atoms with Crippen molar-refractivity contribution in [3.63, 3.8) is 0 Å². The molecule has 4 aromatic rings. The number of nitrogens with two attached hydrogens (primary N) is 1. The molecule has 0 aromatic heterocycles. The molecule has 4 aromatic carbocycles. The van der Waals surface area contributed by atoms with E-state index in [2.05, 4.69) is 27.5 Å². The van der Waals surface area contributed by atoms with Gasteiger partial charge in [0.05, 0.1) is 22.0 Å². The number of carbonyl (C=O) groups is 3. The zero-order chi connectivity index (χ0) is 44.0. The van der Waals surface area contributed by atoms with Gasteiger partial charge in [-0.05, 0) is 63.1 Å². The summed E-state index contributed by atoms with van der Waals surface area (Å²) in [5.74, 6) is 4.50. The van der Waals surface area contributed by atoms with Gasteiger partial charge < -0.3 is 20.1 Å². The van der Waals surface area contributed by atoms with Gasteiger partial charge in [-0.25, -0.2) is 13.2 Å². The first-order chi connectivity index (χ1) is 29.1. The van der Waals surface area contributed by atoms with Gasteiger partial charge >= 0.3 is 0 Å². The predicted octanol–water partition coefficient (Wildman–Crippen LogP) is 5.99. The fraction of sp³-hybridized carbons (Fsp3) is 0.364. The normalized spacial score (nSPS) is 23.6. The zero-order valence-corrected chi connectivity index (χ0v) is 36.2. The SMILES string of the molecule is CCC[C@@H]1C/C(=N/NS(=O)(=O)c2ccc(C)cc2)C[C@@]2(O1)C(=O)Nc1ccccc12.CCC[C@@H]1CC(=O)C[C@@]2(O1)C(=O)Nc1ccccc12.Cc1ccc(S(=O)(=O)NN)cc1. The monoisotopic (exact) mass is 872 g/mol. The van der Waals surface area contributed by atoms with Gasteiger partial charge in [0, 0.05) is 53.9 Å². The van der Waals surface area contributed by atoms with Gasteiger partial charge in [-0.1, -0.05) is 98.5 Å². The van der Waals surface area contributed by atoms with Crippen LogP contribution < -0.4 is 26.1 Å². The largest absolute Gasteiger partial charge is 0.356 e. The van der Waals surface area contributed by atoms with Crippen molar-refractivity contribution in [2.45, 2.75) is 112 Å². The number of hydrogen-bond acceptors (Lipinski definition) is 11. The van der Waals surface area contributed by atoms with Crippen LogP contribution in [-0.2, 0) is 55.1 Å². The molecule has 2 fully saturated rings. The number of hydrazine groups is 1. The molecule has 4 aliphatic heterocycles. The van der Waals surface area contributed by atoms with Gasteiger partial charge in [0.25, 0.3) is 31.9 Å². The lowest BCUT2D eigenvalue weighted by Crippen LogP contribution is -2.47. The Balaban J connectivity index is 0.000000171. The van der Waals surface area contributed by atoms with Crippen molar-refractivity contribution >= 4 is 54.7 Å². The number of hydrogen-bond donors (Lipinski definition) is 5. The number of aryl methyl sites for hydroxylation is 2. The van der Waals surface area contributed by atoms with E-state index in [0.717, 1.165) is 59.3 Å². The summed E-state index contributed by atoms with van der Waals surface area (Å²) >= 11 is 0. The molecule has 4 atom stereocenters. The van der Waals surface area contributed by atoms with Crippen LogP contribution in [0.3, 0.4) is 0 Å². The van der Waals surface area contributed by atoms with E-state index < -0.39 is 31.2 Å². The molecule has 6 N–H and O–H groups in total. The van der Waals surface area contributed by atoms with Crippen LogP contribution in [0.2, 0.25) is 0 Å². The van der Waals surface area contributed by atoms with Gasteiger partial charge in [-0.2, -0.15) is 18.4 Å². The molecule has 0 unspecified atom stereocenters. The number of para-hydroxylation sites is 2. The van der Waals surface area contributed by atoms with E-state index >= 15 is 0 Å². The van der Waals surface area contributed by atoms with E-state index in [1.165, 1.54) is 12.1 Å². The second kappa shape index (κ2) is 18.8. The highest BCUT2D eigenvalue weighted by Gasteiger charge is 2.54. The Bertz CT molecular complexity index is 2510. The molecule has 0 aliphatic carbocycles. The smallest absolute Gasteiger partial charge is 0.276 e. The van der Waals surface area contributed by atoms with Crippen LogP contribution in [0.15, 0.2) is 112 Å². The number of amides is 2. The minimum atomic E-state index is -3.79. The van der Waals surface area contributed by atoms with E-state index in [1.807, 2.05) is 69.3 Å². The molecule has 2 amide bonds. The minimum Gasteiger partial charge on any atom is -0.356 e. The quantitative estimate of drug-likeness (QED) is 0.0977. The molecule has 0 bridgehead atoms. The first-order valence-electron chi connectivity index (χ1n) is 20.2. The van der Waals surface area contributed by atoms with Crippen LogP contribution in [0, 0.1) is 13.8 Å². The van der Waals surface area contributed by atoms with Crippen molar-refractivity contribution in [2.24, 2.45) is 10.9 Å². The molecule has 0 saturated carbocycles. The summed E-state index contributed by atoms with van der Waals surface area (Å²) in [5.41, 5.74) is 3.36. The third kappa shape index (κ3) is 9.93. The Hall–Kier alpha value is -5.30. The second-order valence-corrected chi connectivity index (χ2v) is 18.9. The summed E-state index contributed by atoms with van der Waals surface area (Å²) in [6.45, 7) is 7.87. The maximum absolute atomic E-state index is 12.9. The Morgan fingerprint density at radius 1 is 0.656 bits per heavy atom. The molecule has 61 heavy (non-hydrogen) atoms. The van der Waals surface area contributed by atoms with Crippen LogP contribution in [0.25, 0.3) is 0 Å². The highest BCUT2D eigenvalue weighted by molar-refractivity contribution is 7.89. The first kappa shape index (κ1) is 45.2. The maximum atomic E-state index is 12.9. The molecular formula is C44H52N6O9S2. The number of Topliss-reactive ketones (excluding diaryl/α,β-unsaturated/α-hetero) is 1. The van der Waals surface area contributed by atoms with Crippen LogP contribution in [0.4, 0.5) is 11.4 Å². The van der Waals surface area contributed by atoms with E-state index in [0.29, 0.717) is 18.6 Å². The fourth-order valence-electron chi connectivity index (χ4n) is 7.86. The number of hydrazone groups is 1. The number of nitrogens with zero attached hydrogens (tertiary/aromatic N) is 1. The number of ether oxygens (including phenoxy) is 2. The van der Waals surface area contributed by atoms with Crippen LogP contribution in [0.1, 0.15) is 87.5 Å². The molecule has 324 valence electrons. The molecule has 2 saturated heterocycles. The van der Waals surface area contributed by atoms with E-state index in [9.17, 15) is 31.2 Å². The van der Waals surface area contributed by atoms with Crippen LogP contribution >= 0.6 is 0 Å². The number of sulfonamides is 2. The Labute approximate surface area is 356 Å². The van der Waals surface area contributed by atoms with E-state index in [1.54, 1.807) is 41.2 Å². The number of rotatable bonds is 9. The number of anilines is 2. The zero-order valence-electron chi connectivity index (χ0n) is 34.6. The number of benzene rings is 4. The summed E-state index contributed by atoms with van der Waals surface area (Å²) in [4.78, 5) is 41.7. The summed E-state index contributed by atoms with van der Waals surface area (Å²) in [7, 11) is -7.28. The van der Waals surface area contributed by atoms with Gasteiger partial charge in [-0.15, -0.1) is 0 Å². The lowest BCUT2D eigenvalue weighted by molar-refractivity contribution is -0.170. The molecule has 0 radical (unpaired) electrons. The predicted molar refractivity (Wildman–Crippen MR) is 231 cm³/mol. The van der Waals surface area contributed by atoms with Crippen molar-refractivity contribution in [3.05, 3.63) is 119 Å². The van der Waals surface area contributed by atoms with Crippen molar-refractivity contribution in [1.29, 1.82) is 0 Å². The maximum Gasteiger partial charge on any atom is 0.276 e. The van der Waals surface area contributed by atoms with Gasteiger partial charge in [0.2, 0.25) is 0 Å². The van der Waals surface area contributed by atoms with Gasteiger partial charge in [0.15, 0.2) is 11.2 Å². The Morgan fingerprint density at radius 2 is 1.10 bits per heavy atom. The second-order valence-electron chi connectivity index (χ2n) is 15.5. The summed E-state index contributed by atoms with van der Waals surface area (Å²) < 4.78 is 59.8. The highest BCUT2D eigenvalue weighted by Crippen LogP contribution is 2.47. The summed E-state index contributed by atoms with van der Waals surface area (Å²) in [5, 5.41) is 9.94. The number of fused-ring (bicyclic) bond motifs is 4. The molecule has 8 rings (SSSR count). The standard InChI is InChI=1S/C22H25N3O4S.C15H17NO3.C7H10N2O2S/c1-3-6-17-13-16(24-25-30(27,28)18-11-9-15(2)10-12-18)14-22(29-17)19-7-4-5-8-20(19)23-21(22)26;1-2-5-11-8-10(17)9-15(19-11)12-6-3-4-7-13(12)16-14(15)18;1-6-2-4-7(5-3-6)12(10,11)9-8/h4-5,7-12,17,25H,3,6,13-14H2,1-2H3,(H,23,26);3-4,6-7,11H,2,5,8-9H2,1H3,(H,16,18);2-5,9H,8H2,1H3/b24-16-;;/t17-,22+;11-,15+;/m11./s1. The third-order valence-electron chi connectivity index (χ3n) is 10.9. The molecule has 4 heterocycles. The molecule has 2 spiro atoms. The van der Waals surface area contributed by atoms with E-state index in [4.69, 9.17) is 15.3 Å². The molecule has 4 aliphatic rings. The summed E-state index contributed by atoms with van der Waals surface area (Å²) in [6, 6.07) is 27.9. The van der Waals surface area contributed by atoms with Crippen molar-refractivity contribution < 1.29 is 40.7 Å². The lowest BCUT2D eigenvalue weighted by Gasteiger charge is -2.37. The molecule has 15 nitrogen and oxygen atoms in total.